The van der Waals surface area contributed by atoms with Crippen LogP contribution in [-0.4, -0.2) is 49.3 Å². The number of nitrogens with zero attached hydrogens (tertiary/aromatic N) is 1. The fourth-order valence-corrected chi connectivity index (χ4v) is 3.67. The van der Waals surface area contributed by atoms with Crippen molar-refractivity contribution < 1.29 is 4.74 Å². The van der Waals surface area contributed by atoms with Crippen LogP contribution in [0.3, 0.4) is 0 Å². The predicted molar refractivity (Wildman–Crippen MR) is 69.2 cm³/mol. The van der Waals surface area contributed by atoms with Gasteiger partial charge in [-0.05, 0) is 51.6 Å². The summed E-state index contributed by atoms with van der Waals surface area (Å²) in [4.78, 5) is 2.57. The molecule has 3 fully saturated rings. The Balaban J connectivity index is 1.34. The van der Waals surface area contributed by atoms with E-state index in [-0.39, 0.29) is 0 Å². The van der Waals surface area contributed by atoms with E-state index < -0.39 is 0 Å². The van der Waals surface area contributed by atoms with Crippen LogP contribution in [0.2, 0.25) is 0 Å². The normalized spacial score (nSPS) is 38.5. The Morgan fingerprint density at radius 3 is 2.41 bits per heavy atom. The number of hydrogen-bond acceptors (Lipinski definition) is 3. The molecular formula is C14H26N2O. The van der Waals surface area contributed by atoms with Crippen LogP contribution >= 0.6 is 0 Å². The zero-order valence-electron chi connectivity index (χ0n) is 10.9. The second-order valence-corrected chi connectivity index (χ2v) is 6.00. The zero-order valence-corrected chi connectivity index (χ0v) is 10.9. The van der Waals surface area contributed by atoms with Crippen LogP contribution in [-0.2, 0) is 4.74 Å². The van der Waals surface area contributed by atoms with Crippen LogP contribution in [0.5, 0.6) is 0 Å². The van der Waals surface area contributed by atoms with Crippen LogP contribution < -0.4 is 5.32 Å². The molecule has 3 rings (SSSR count). The molecule has 0 aromatic heterocycles. The summed E-state index contributed by atoms with van der Waals surface area (Å²) in [6.45, 7) is 4.69. The first kappa shape index (κ1) is 11.9. The lowest BCUT2D eigenvalue weighted by Gasteiger charge is -2.31. The van der Waals surface area contributed by atoms with Crippen LogP contribution in [0.4, 0.5) is 0 Å². The van der Waals surface area contributed by atoms with E-state index in [9.17, 15) is 0 Å². The van der Waals surface area contributed by atoms with Gasteiger partial charge in [-0.2, -0.15) is 0 Å². The van der Waals surface area contributed by atoms with Crippen molar-refractivity contribution in [1.29, 1.82) is 0 Å². The van der Waals surface area contributed by atoms with Gasteiger partial charge in [0.2, 0.25) is 0 Å². The summed E-state index contributed by atoms with van der Waals surface area (Å²) in [7, 11) is 0. The van der Waals surface area contributed by atoms with Gasteiger partial charge in [-0.15, -0.1) is 0 Å². The van der Waals surface area contributed by atoms with Gasteiger partial charge in [-0.1, -0.05) is 6.42 Å². The van der Waals surface area contributed by atoms with Crippen LogP contribution in [0, 0.1) is 0 Å². The van der Waals surface area contributed by atoms with Crippen molar-refractivity contribution in [3.05, 3.63) is 0 Å². The van der Waals surface area contributed by atoms with Gasteiger partial charge in [0.25, 0.3) is 0 Å². The van der Waals surface area contributed by atoms with E-state index in [1.165, 1.54) is 58.0 Å². The van der Waals surface area contributed by atoms with Crippen LogP contribution in [0.1, 0.15) is 44.9 Å². The van der Waals surface area contributed by atoms with Crippen molar-refractivity contribution in [1.82, 2.24) is 10.2 Å². The van der Waals surface area contributed by atoms with Crippen molar-refractivity contribution in [3.8, 4) is 0 Å². The van der Waals surface area contributed by atoms with E-state index in [0.29, 0.717) is 6.10 Å². The van der Waals surface area contributed by atoms with Gasteiger partial charge in [0.15, 0.2) is 0 Å². The monoisotopic (exact) mass is 238 g/mol. The van der Waals surface area contributed by atoms with Gasteiger partial charge in [-0.3, -0.25) is 0 Å². The third kappa shape index (κ3) is 3.21. The number of hydrogen-bond donors (Lipinski definition) is 1. The molecule has 3 nitrogen and oxygen atoms in total. The minimum Gasteiger partial charge on any atom is -0.377 e. The Morgan fingerprint density at radius 1 is 1.00 bits per heavy atom. The molecule has 3 saturated heterocycles. The lowest BCUT2D eigenvalue weighted by Crippen LogP contribution is -2.42. The van der Waals surface area contributed by atoms with Crippen molar-refractivity contribution in [2.24, 2.45) is 0 Å². The molecule has 3 aliphatic heterocycles. The summed E-state index contributed by atoms with van der Waals surface area (Å²) in [6.07, 6.45) is 9.98. The average Bonchev–Trinajstić information content (AvgIpc) is 2.70. The molecule has 1 N–H and O–H groups in total. The molecule has 3 heteroatoms. The minimum atomic E-state index is 0.540. The van der Waals surface area contributed by atoms with Gasteiger partial charge in [0.05, 0.1) is 12.7 Å². The second kappa shape index (κ2) is 5.68. The lowest BCUT2D eigenvalue weighted by molar-refractivity contribution is 0.00723. The molecular weight excluding hydrogens is 212 g/mol. The Kier molecular flexibility index (Phi) is 3.99. The summed E-state index contributed by atoms with van der Waals surface area (Å²) in [5, 5.41) is 3.67. The van der Waals surface area contributed by atoms with E-state index in [4.69, 9.17) is 4.74 Å². The van der Waals surface area contributed by atoms with Crippen molar-refractivity contribution in [2.45, 2.75) is 63.1 Å². The first-order valence-electron chi connectivity index (χ1n) is 7.50. The molecule has 2 atom stereocenters. The van der Waals surface area contributed by atoms with E-state index in [1.54, 1.807) is 0 Å². The molecule has 0 saturated carbocycles. The molecule has 0 aliphatic carbocycles. The summed E-state index contributed by atoms with van der Waals surface area (Å²) in [6, 6.07) is 1.52. The van der Waals surface area contributed by atoms with Gasteiger partial charge < -0.3 is 15.0 Å². The molecule has 0 amide bonds. The summed E-state index contributed by atoms with van der Waals surface area (Å²) < 4.78 is 6.08. The highest BCUT2D eigenvalue weighted by molar-refractivity contribution is 4.92. The first-order valence-corrected chi connectivity index (χ1v) is 7.50. The molecule has 2 bridgehead atoms. The Bertz CT molecular complexity index is 228. The van der Waals surface area contributed by atoms with Gasteiger partial charge in [-0.25, -0.2) is 0 Å². The number of piperidine rings is 2. The standard InChI is InChI=1S/C14H26N2O/c1-2-6-16(7-3-1)8-9-17-14-10-12-4-5-13(11-14)15-12/h12-15H,1-11H2. The fraction of sp³-hybridized carbons (Fsp3) is 1.00. The third-order valence-corrected chi connectivity index (χ3v) is 4.64. The van der Waals surface area contributed by atoms with Gasteiger partial charge in [0, 0.05) is 18.6 Å². The third-order valence-electron chi connectivity index (χ3n) is 4.64. The van der Waals surface area contributed by atoms with E-state index in [0.717, 1.165) is 25.2 Å². The maximum Gasteiger partial charge on any atom is 0.0605 e. The minimum absolute atomic E-state index is 0.540. The van der Waals surface area contributed by atoms with Crippen LogP contribution in [0.15, 0.2) is 0 Å². The Labute approximate surface area is 105 Å². The SMILES string of the molecule is C1CCN(CCOC2CC3CCC(C2)N3)CC1. The molecule has 0 aromatic rings. The summed E-state index contributed by atoms with van der Waals surface area (Å²) in [5.41, 5.74) is 0. The maximum absolute atomic E-state index is 6.08. The first-order chi connectivity index (χ1) is 8.40. The van der Waals surface area contributed by atoms with Gasteiger partial charge in [0.1, 0.15) is 0 Å². The average molecular weight is 238 g/mol. The van der Waals surface area contributed by atoms with E-state index in [1.807, 2.05) is 0 Å². The highest BCUT2D eigenvalue weighted by atomic mass is 16.5. The summed E-state index contributed by atoms with van der Waals surface area (Å²) in [5.74, 6) is 0. The zero-order chi connectivity index (χ0) is 11.5. The summed E-state index contributed by atoms with van der Waals surface area (Å²) >= 11 is 0. The molecule has 0 aromatic carbocycles. The fourth-order valence-electron chi connectivity index (χ4n) is 3.67. The highest BCUT2D eigenvalue weighted by Crippen LogP contribution is 2.28. The quantitative estimate of drug-likeness (QED) is 0.808. The number of ether oxygens (including phenoxy) is 1. The Hall–Kier alpha value is -0.120. The predicted octanol–water partition coefficient (Wildman–Crippen LogP) is 1.77. The van der Waals surface area contributed by atoms with Gasteiger partial charge >= 0.3 is 0 Å². The molecule has 0 radical (unpaired) electrons. The largest absolute Gasteiger partial charge is 0.377 e. The molecule has 98 valence electrons. The number of rotatable bonds is 4. The highest BCUT2D eigenvalue weighted by Gasteiger charge is 2.33. The number of nitrogens with one attached hydrogen (secondary N) is 1. The molecule has 0 spiro atoms. The molecule has 17 heavy (non-hydrogen) atoms. The Morgan fingerprint density at radius 2 is 1.71 bits per heavy atom. The second-order valence-electron chi connectivity index (χ2n) is 6.00. The lowest BCUT2D eigenvalue weighted by atomic mass is 10.0. The van der Waals surface area contributed by atoms with Crippen molar-refractivity contribution in [3.63, 3.8) is 0 Å². The van der Waals surface area contributed by atoms with E-state index >= 15 is 0 Å². The van der Waals surface area contributed by atoms with E-state index in [2.05, 4.69) is 10.2 Å². The topological polar surface area (TPSA) is 24.5 Å². The molecule has 2 unspecified atom stereocenters. The number of likely N-dealkylation sites (tertiary alicyclic amines) is 1. The van der Waals surface area contributed by atoms with Crippen molar-refractivity contribution >= 4 is 0 Å². The smallest absolute Gasteiger partial charge is 0.0605 e. The molecule has 3 heterocycles. The maximum atomic E-state index is 6.08. The number of fused-ring (bicyclic) bond motifs is 2. The van der Waals surface area contributed by atoms with Crippen molar-refractivity contribution in [2.75, 3.05) is 26.2 Å². The van der Waals surface area contributed by atoms with Crippen LogP contribution in [0.25, 0.3) is 0 Å². The molecule has 3 aliphatic rings.